The Labute approximate surface area is 138 Å². The molecule has 2 aromatic rings. The molecule has 0 unspecified atom stereocenters. The van der Waals surface area contributed by atoms with Crippen LogP contribution < -0.4 is 10.4 Å². The number of benzene rings is 2. The summed E-state index contributed by atoms with van der Waals surface area (Å²) in [6, 6.07) is 8.60. The molecule has 0 aromatic heterocycles. The highest BCUT2D eigenvalue weighted by molar-refractivity contribution is 6.91. The molecule has 2 rings (SSSR count). The van der Waals surface area contributed by atoms with Crippen molar-refractivity contribution >= 4 is 26.5 Å². The Morgan fingerprint density at radius 2 is 1.00 bits per heavy atom. The van der Waals surface area contributed by atoms with Gasteiger partial charge in [0.2, 0.25) is 0 Å². The first kappa shape index (κ1) is 18.0. The van der Waals surface area contributed by atoms with Crippen LogP contribution in [0, 0.1) is 17.5 Å². The van der Waals surface area contributed by atoms with Gasteiger partial charge in [0.15, 0.2) is 0 Å². The van der Waals surface area contributed by atoms with Gasteiger partial charge >= 0.3 is 0 Å². The molecule has 0 nitrogen and oxygen atoms in total. The molecule has 0 radical (unpaired) electrons. The topological polar surface area (TPSA) is 0 Å². The van der Waals surface area contributed by atoms with E-state index in [1.165, 1.54) is 0 Å². The molecule has 0 saturated carbocycles. The molecular weight excluding hydrogens is 329 g/mol. The fraction of sp³-hybridized carbons (Fsp3) is 0.333. The van der Waals surface area contributed by atoms with E-state index in [1.54, 1.807) is 30.3 Å². The number of hydrogen-bond acceptors (Lipinski definition) is 0. The molecule has 0 N–H and O–H groups in total. The highest BCUT2D eigenvalue weighted by Crippen LogP contribution is 2.28. The standard InChI is InChI=1S/C18H23F3Si2/c1-22(2,3)17-14(19)13(12-10-8-7-9-11-12)15(20)18(16(17)21)23(4,5)6/h7-11H,1-6H3. The van der Waals surface area contributed by atoms with E-state index in [-0.39, 0.29) is 15.9 Å². The molecule has 0 saturated heterocycles. The van der Waals surface area contributed by atoms with Crippen molar-refractivity contribution in [2.24, 2.45) is 0 Å². The summed E-state index contributed by atoms with van der Waals surface area (Å²) in [6.45, 7) is 11.3. The summed E-state index contributed by atoms with van der Waals surface area (Å²) in [6.07, 6.45) is 0. The Bertz CT molecular complexity index is 686. The van der Waals surface area contributed by atoms with Gasteiger partial charge in [0.25, 0.3) is 0 Å². The lowest BCUT2D eigenvalue weighted by Crippen LogP contribution is -2.52. The van der Waals surface area contributed by atoms with Gasteiger partial charge in [0.1, 0.15) is 17.5 Å². The van der Waals surface area contributed by atoms with Crippen molar-refractivity contribution in [3.05, 3.63) is 47.8 Å². The van der Waals surface area contributed by atoms with Gasteiger partial charge in [-0.05, 0) is 5.56 Å². The van der Waals surface area contributed by atoms with Gasteiger partial charge in [-0.25, -0.2) is 13.2 Å². The van der Waals surface area contributed by atoms with Crippen molar-refractivity contribution < 1.29 is 13.2 Å². The SMILES string of the molecule is C[Si](C)(C)c1c(F)c(-c2ccccc2)c(F)c([Si](C)(C)C)c1F. The van der Waals surface area contributed by atoms with E-state index in [0.717, 1.165) is 0 Å². The van der Waals surface area contributed by atoms with E-state index in [4.69, 9.17) is 0 Å². The Balaban J connectivity index is 2.99. The van der Waals surface area contributed by atoms with Crippen molar-refractivity contribution in [1.29, 1.82) is 0 Å². The minimum atomic E-state index is -2.31. The number of rotatable bonds is 3. The van der Waals surface area contributed by atoms with Gasteiger partial charge in [0, 0.05) is 10.4 Å². The number of halogens is 3. The molecule has 0 fully saturated rings. The van der Waals surface area contributed by atoms with Crippen LogP contribution in [0.3, 0.4) is 0 Å². The van der Waals surface area contributed by atoms with Crippen LogP contribution in [0.25, 0.3) is 11.1 Å². The van der Waals surface area contributed by atoms with E-state index < -0.39 is 33.6 Å². The van der Waals surface area contributed by atoms with Crippen LogP contribution in [0.2, 0.25) is 39.3 Å². The first-order chi connectivity index (χ1) is 10.5. The van der Waals surface area contributed by atoms with E-state index >= 15 is 13.2 Å². The maximum Gasteiger partial charge on any atom is 0.136 e. The zero-order valence-electron chi connectivity index (χ0n) is 14.5. The summed E-state index contributed by atoms with van der Waals surface area (Å²) >= 11 is 0. The first-order valence-electron chi connectivity index (χ1n) is 7.73. The fourth-order valence-electron chi connectivity index (χ4n) is 2.84. The van der Waals surface area contributed by atoms with Crippen molar-refractivity contribution in [3.63, 3.8) is 0 Å². The number of hydrogen-bond donors (Lipinski definition) is 0. The van der Waals surface area contributed by atoms with Crippen molar-refractivity contribution in [1.82, 2.24) is 0 Å². The largest absolute Gasteiger partial charge is 0.207 e. The van der Waals surface area contributed by atoms with Gasteiger partial charge in [-0.2, -0.15) is 0 Å². The van der Waals surface area contributed by atoms with Crippen LogP contribution in [0.4, 0.5) is 13.2 Å². The lowest BCUT2D eigenvalue weighted by atomic mass is 10.0. The molecule has 0 atom stereocenters. The quantitative estimate of drug-likeness (QED) is 0.692. The average molecular weight is 353 g/mol. The van der Waals surface area contributed by atoms with E-state index in [0.29, 0.717) is 5.56 Å². The summed E-state index contributed by atoms with van der Waals surface area (Å²) in [5.74, 6) is -2.11. The zero-order chi connectivity index (χ0) is 17.6. The van der Waals surface area contributed by atoms with E-state index in [9.17, 15) is 0 Å². The van der Waals surface area contributed by atoms with Crippen molar-refractivity contribution in [2.45, 2.75) is 39.3 Å². The minimum absolute atomic E-state index is 0.0816. The average Bonchev–Trinajstić information content (AvgIpc) is 2.35. The monoisotopic (exact) mass is 352 g/mol. The molecule has 0 aliphatic rings. The summed E-state index contributed by atoms with van der Waals surface area (Å²) in [4.78, 5) is 0. The third kappa shape index (κ3) is 3.31. The molecule has 0 bridgehead atoms. The van der Waals surface area contributed by atoms with Crippen LogP contribution in [0.15, 0.2) is 30.3 Å². The molecule has 5 heteroatoms. The molecule has 0 amide bonds. The summed E-state index contributed by atoms with van der Waals surface area (Å²) in [7, 11) is -4.63. The second-order valence-electron chi connectivity index (χ2n) is 7.93. The molecule has 0 aliphatic carbocycles. The smallest absolute Gasteiger partial charge is 0.136 e. The first-order valence-corrected chi connectivity index (χ1v) is 14.7. The van der Waals surface area contributed by atoms with Crippen molar-refractivity contribution in [3.8, 4) is 11.1 Å². The second kappa shape index (κ2) is 5.94. The molecule has 0 spiro atoms. The molecule has 124 valence electrons. The van der Waals surface area contributed by atoms with Crippen LogP contribution in [-0.2, 0) is 0 Å². The fourth-order valence-corrected chi connectivity index (χ4v) is 6.10. The van der Waals surface area contributed by atoms with E-state index in [2.05, 4.69) is 0 Å². The maximum atomic E-state index is 15.1. The summed E-state index contributed by atoms with van der Waals surface area (Å²) in [5.41, 5.74) is 0.378. The third-order valence-electron chi connectivity index (χ3n) is 3.88. The Hall–Kier alpha value is -1.34. The van der Waals surface area contributed by atoms with Gasteiger partial charge in [-0.15, -0.1) is 0 Å². The molecule has 23 heavy (non-hydrogen) atoms. The lowest BCUT2D eigenvalue weighted by molar-refractivity contribution is 0.566. The molecule has 0 aliphatic heterocycles. The van der Waals surface area contributed by atoms with E-state index in [1.807, 2.05) is 39.3 Å². The lowest BCUT2D eigenvalue weighted by Gasteiger charge is -2.27. The van der Waals surface area contributed by atoms with Crippen molar-refractivity contribution in [2.75, 3.05) is 0 Å². The van der Waals surface area contributed by atoms with Crippen LogP contribution in [-0.4, -0.2) is 16.1 Å². The maximum absolute atomic E-state index is 15.1. The highest BCUT2D eigenvalue weighted by atomic mass is 28.3. The van der Waals surface area contributed by atoms with Crippen LogP contribution in [0.5, 0.6) is 0 Å². The van der Waals surface area contributed by atoms with Gasteiger partial charge in [0.05, 0.1) is 21.7 Å². The molecule has 0 heterocycles. The Morgan fingerprint density at radius 3 is 1.35 bits per heavy atom. The Kier molecular flexibility index (Phi) is 4.65. The third-order valence-corrected chi connectivity index (χ3v) is 7.76. The minimum Gasteiger partial charge on any atom is -0.207 e. The zero-order valence-corrected chi connectivity index (χ0v) is 16.5. The highest BCUT2D eigenvalue weighted by Gasteiger charge is 2.36. The normalized spacial score (nSPS) is 12.6. The predicted octanol–water partition coefficient (Wildman–Crippen LogP) is 4.86. The second-order valence-corrected chi connectivity index (χ2v) is 17.9. The van der Waals surface area contributed by atoms with Crippen LogP contribution >= 0.6 is 0 Å². The Morgan fingerprint density at radius 1 is 0.609 bits per heavy atom. The molecule has 2 aromatic carbocycles. The van der Waals surface area contributed by atoms with Crippen LogP contribution in [0.1, 0.15) is 0 Å². The van der Waals surface area contributed by atoms with Gasteiger partial charge in [-0.3, -0.25) is 0 Å². The molecular formula is C18H23F3Si2. The summed E-state index contributed by atoms with van der Waals surface area (Å²) in [5, 5.41) is 0.213. The van der Waals surface area contributed by atoms with Gasteiger partial charge in [-0.1, -0.05) is 69.6 Å². The van der Waals surface area contributed by atoms with Gasteiger partial charge < -0.3 is 0 Å². The predicted molar refractivity (Wildman–Crippen MR) is 97.7 cm³/mol. The summed E-state index contributed by atoms with van der Waals surface area (Å²) < 4.78 is 45.3.